The third-order valence-corrected chi connectivity index (χ3v) is 7.70. The molecule has 14 heteroatoms. The van der Waals surface area contributed by atoms with Crippen molar-refractivity contribution in [2.75, 3.05) is 62.9 Å². The summed E-state index contributed by atoms with van der Waals surface area (Å²) in [6.45, 7) is 4.77. The summed E-state index contributed by atoms with van der Waals surface area (Å²) in [7, 11) is 5.19. The number of aromatic nitrogens is 3. The summed E-state index contributed by atoms with van der Waals surface area (Å²) in [4.78, 5) is 44.5. The molecule has 0 aliphatic carbocycles. The number of halogens is 1. The lowest BCUT2D eigenvalue weighted by Gasteiger charge is -2.39. The summed E-state index contributed by atoms with van der Waals surface area (Å²) in [6, 6.07) is 0.395. The Morgan fingerprint density at radius 3 is 2.82 bits per heavy atom. The van der Waals surface area contributed by atoms with Crippen LogP contribution in [-0.2, 0) is 16.1 Å². The van der Waals surface area contributed by atoms with Gasteiger partial charge in [-0.3, -0.25) is 10.6 Å². The maximum absolute atomic E-state index is 14.9. The molecule has 2 aliphatic rings. The first kappa shape index (κ1) is 27.9. The Labute approximate surface area is 225 Å². The van der Waals surface area contributed by atoms with Crippen LogP contribution < -0.4 is 15.5 Å². The zero-order valence-electron chi connectivity index (χ0n) is 22.1. The van der Waals surface area contributed by atoms with Crippen LogP contribution in [0.3, 0.4) is 0 Å². The fourth-order valence-electron chi connectivity index (χ4n) is 4.70. The first-order valence-electron chi connectivity index (χ1n) is 12.6. The van der Waals surface area contributed by atoms with Crippen molar-refractivity contribution in [1.82, 2.24) is 24.8 Å². The first-order valence-corrected chi connectivity index (χ1v) is 13.4. The van der Waals surface area contributed by atoms with Gasteiger partial charge in [0, 0.05) is 58.6 Å². The Morgan fingerprint density at radius 2 is 2.05 bits per heavy atom. The van der Waals surface area contributed by atoms with Gasteiger partial charge in [-0.15, -0.1) is 0 Å². The molecule has 4 heterocycles. The molecule has 4 rings (SSSR count). The molecule has 4 atom stereocenters. The van der Waals surface area contributed by atoms with Gasteiger partial charge in [0.1, 0.15) is 18.1 Å². The van der Waals surface area contributed by atoms with E-state index in [0.29, 0.717) is 30.0 Å². The summed E-state index contributed by atoms with van der Waals surface area (Å²) in [5.74, 6) is 0.864. The molecule has 2 aromatic rings. The van der Waals surface area contributed by atoms with E-state index in [-0.39, 0.29) is 25.0 Å². The number of carbonyl (C=O) groups is 2. The van der Waals surface area contributed by atoms with Gasteiger partial charge in [-0.1, -0.05) is 18.3 Å². The van der Waals surface area contributed by atoms with Gasteiger partial charge in [0.2, 0.25) is 5.95 Å². The van der Waals surface area contributed by atoms with E-state index in [1.54, 1.807) is 31.3 Å². The van der Waals surface area contributed by atoms with E-state index in [9.17, 15) is 14.0 Å². The number of amides is 3. The molecule has 0 bridgehead atoms. The molecule has 12 nitrogen and oxygen atoms in total. The molecule has 0 radical (unpaired) electrons. The number of urea groups is 1. The zero-order valence-corrected chi connectivity index (χ0v) is 22.9. The van der Waals surface area contributed by atoms with E-state index < -0.39 is 24.3 Å². The Hall–Kier alpha value is -3.10. The molecule has 208 valence electrons. The van der Waals surface area contributed by atoms with Gasteiger partial charge in [0.15, 0.2) is 5.13 Å². The van der Waals surface area contributed by atoms with E-state index in [1.807, 2.05) is 0 Å². The van der Waals surface area contributed by atoms with E-state index in [4.69, 9.17) is 9.47 Å². The summed E-state index contributed by atoms with van der Waals surface area (Å²) in [5, 5.41) is 5.82. The number of nitrogens with one attached hydrogen (secondary N) is 2. The van der Waals surface area contributed by atoms with E-state index in [2.05, 4.69) is 44.5 Å². The van der Waals surface area contributed by atoms with Crippen molar-refractivity contribution >= 4 is 40.4 Å². The Bertz CT molecular complexity index is 1110. The summed E-state index contributed by atoms with van der Waals surface area (Å²) >= 11 is 1.30. The molecular weight excluding hydrogens is 515 g/mol. The molecule has 0 unspecified atom stereocenters. The highest BCUT2D eigenvalue weighted by Gasteiger charge is 2.35. The lowest BCUT2D eigenvalue weighted by molar-refractivity contribution is 0.0284. The van der Waals surface area contributed by atoms with Crippen LogP contribution in [0.4, 0.5) is 30.9 Å². The number of methoxy groups -OCH3 is 1. The average molecular weight is 551 g/mol. The van der Waals surface area contributed by atoms with E-state index in [0.717, 1.165) is 24.4 Å². The van der Waals surface area contributed by atoms with Crippen LogP contribution in [0.5, 0.6) is 0 Å². The standard InChI is InChI=1S/C24H35FN8O4S/c1-15-12-31(2)9-7-19(15)37-24(35)29-20-5-8-26-21(28-20)33-10-6-17(25)18(13-33)32(3)23(34)30-22-27-11-16(38-22)14-36-4/h5,8,11,15,17-19H,6-7,9-10,12-14H2,1-4H3,(H,27,30,34)(H,26,28,29,35)/t15-,17+,18-,19+/m0/s1. The number of nitrogens with zero attached hydrogens (tertiary/aromatic N) is 6. The average Bonchev–Trinajstić information content (AvgIpc) is 3.32. The largest absolute Gasteiger partial charge is 0.446 e. The summed E-state index contributed by atoms with van der Waals surface area (Å²) in [6.07, 6.45) is 2.20. The van der Waals surface area contributed by atoms with Crippen molar-refractivity contribution in [3.8, 4) is 0 Å². The molecule has 38 heavy (non-hydrogen) atoms. The van der Waals surface area contributed by atoms with E-state index in [1.165, 1.54) is 22.4 Å². The minimum Gasteiger partial charge on any atom is -0.446 e. The van der Waals surface area contributed by atoms with Gasteiger partial charge in [-0.05, 0) is 26.0 Å². The number of ether oxygens (including phenoxy) is 2. The first-order chi connectivity index (χ1) is 18.2. The number of likely N-dealkylation sites (tertiary alicyclic amines) is 1. The third kappa shape index (κ3) is 7.05. The van der Waals surface area contributed by atoms with Gasteiger partial charge < -0.3 is 24.2 Å². The number of likely N-dealkylation sites (N-methyl/N-ethyl adjacent to an activating group) is 1. The normalized spacial score (nSPS) is 24.1. The maximum Gasteiger partial charge on any atom is 0.413 e. The predicted molar refractivity (Wildman–Crippen MR) is 142 cm³/mol. The lowest BCUT2D eigenvalue weighted by Crippen LogP contribution is -2.55. The van der Waals surface area contributed by atoms with Crippen molar-refractivity contribution in [3.63, 3.8) is 0 Å². The number of thiazole rings is 1. The van der Waals surface area contributed by atoms with Gasteiger partial charge in [0.25, 0.3) is 0 Å². The lowest BCUT2D eigenvalue weighted by atomic mass is 9.97. The van der Waals surface area contributed by atoms with Gasteiger partial charge in [0.05, 0.1) is 17.5 Å². The van der Waals surface area contributed by atoms with Crippen molar-refractivity contribution in [3.05, 3.63) is 23.3 Å². The molecule has 2 aliphatic heterocycles. The fourth-order valence-corrected chi connectivity index (χ4v) is 5.48. The number of anilines is 3. The molecule has 3 amide bonds. The van der Waals surface area contributed by atoms with Crippen molar-refractivity contribution in [2.45, 2.75) is 44.7 Å². The molecular formula is C24H35FN8O4S. The van der Waals surface area contributed by atoms with Crippen molar-refractivity contribution in [2.24, 2.45) is 5.92 Å². The third-order valence-electron chi connectivity index (χ3n) is 6.82. The summed E-state index contributed by atoms with van der Waals surface area (Å²) < 4.78 is 25.6. The minimum atomic E-state index is -1.21. The number of piperidine rings is 2. The molecule has 2 saturated heterocycles. The zero-order chi connectivity index (χ0) is 27.2. The van der Waals surface area contributed by atoms with E-state index >= 15 is 0 Å². The number of carbonyl (C=O) groups excluding carboxylic acids is 2. The quantitative estimate of drug-likeness (QED) is 0.535. The van der Waals surface area contributed by atoms with Crippen molar-refractivity contribution < 1.29 is 23.5 Å². The van der Waals surface area contributed by atoms with Gasteiger partial charge >= 0.3 is 12.1 Å². The number of rotatable bonds is 7. The maximum atomic E-state index is 14.9. The smallest absolute Gasteiger partial charge is 0.413 e. The van der Waals surface area contributed by atoms with Crippen LogP contribution in [0.1, 0.15) is 24.6 Å². The predicted octanol–water partition coefficient (Wildman–Crippen LogP) is 3.05. The summed E-state index contributed by atoms with van der Waals surface area (Å²) in [5.41, 5.74) is 0. The minimum absolute atomic E-state index is 0.158. The van der Waals surface area contributed by atoms with Crippen LogP contribution in [0.2, 0.25) is 0 Å². The second kappa shape index (κ2) is 12.6. The fraction of sp³-hybridized carbons (Fsp3) is 0.625. The van der Waals surface area contributed by atoms with Crippen LogP contribution in [0.15, 0.2) is 18.5 Å². The molecule has 2 aromatic heterocycles. The molecule has 0 saturated carbocycles. The van der Waals surface area contributed by atoms with Crippen LogP contribution in [0.25, 0.3) is 0 Å². The van der Waals surface area contributed by atoms with Gasteiger partial charge in [-0.25, -0.2) is 23.9 Å². The second-order valence-electron chi connectivity index (χ2n) is 9.76. The Kier molecular flexibility index (Phi) is 9.28. The van der Waals surface area contributed by atoms with Gasteiger partial charge in [-0.2, -0.15) is 4.98 Å². The highest BCUT2D eigenvalue weighted by molar-refractivity contribution is 7.15. The van der Waals surface area contributed by atoms with Crippen LogP contribution in [0, 0.1) is 5.92 Å². The Balaban J connectivity index is 1.35. The number of hydrogen-bond donors (Lipinski definition) is 2. The Morgan fingerprint density at radius 1 is 1.24 bits per heavy atom. The highest BCUT2D eigenvalue weighted by Crippen LogP contribution is 2.25. The second-order valence-corrected chi connectivity index (χ2v) is 10.9. The number of alkyl halides is 1. The molecule has 0 aromatic carbocycles. The number of hydrogen-bond acceptors (Lipinski definition) is 10. The van der Waals surface area contributed by atoms with Crippen LogP contribution in [-0.4, -0.2) is 103 Å². The highest BCUT2D eigenvalue weighted by atomic mass is 32.1. The monoisotopic (exact) mass is 550 g/mol. The van der Waals surface area contributed by atoms with Crippen molar-refractivity contribution in [1.29, 1.82) is 0 Å². The molecule has 2 N–H and O–H groups in total. The SMILES string of the molecule is COCc1cnc(NC(=O)N(C)[C@H]2CN(c3nccc(NC(=O)O[C@@H]4CCN(C)C[C@@H]4C)n3)CC[C@H]2F)s1. The molecule has 2 fully saturated rings. The molecule has 0 spiro atoms. The van der Waals surface area contributed by atoms with Crippen LogP contribution >= 0.6 is 11.3 Å². The topological polar surface area (TPSA) is 125 Å².